The van der Waals surface area contributed by atoms with Crippen molar-refractivity contribution in [3.63, 3.8) is 0 Å². The number of ether oxygens (including phenoxy) is 2. The molecule has 2 rings (SSSR count). The highest BCUT2D eigenvalue weighted by atomic mass is 16.5. The van der Waals surface area contributed by atoms with Crippen molar-refractivity contribution in [2.75, 3.05) is 14.2 Å². The number of hydrogen-bond acceptors (Lipinski definition) is 4. The molecule has 1 heterocycles. The molecule has 6 heteroatoms. The van der Waals surface area contributed by atoms with Gasteiger partial charge in [0.2, 0.25) is 0 Å². The van der Waals surface area contributed by atoms with Crippen LogP contribution in [0.1, 0.15) is 5.56 Å². The number of aromatic nitrogens is 1. The van der Waals surface area contributed by atoms with Gasteiger partial charge >= 0.3 is 5.97 Å². The van der Waals surface area contributed by atoms with Gasteiger partial charge in [-0.3, -0.25) is 9.59 Å². The smallest absolute Gasteiger partial charge is 0.308 e. The Hall–Kier alpha value is -2.76. The van der Waals surface area contributed by atoms with Crippen molar-refractivity contribution in [1.29, 1.82) is 0 Å². The van der Waals surface area contributed by atoms with Gasteiger partial charge in [-0.15, -0.1) is 0 Å². The van der Waals surface area contributed by atoms with E-state index >= 15 is 0 Å². The Morgan fingerprint density at radius 2 is 1.95 bits per heavy atom. The topological polar surface area (TPSA) is 88.6 Å². The maximum absolute atomic E-state index is 11.9. The van der Waals surface area contributed by atoms with Crippen LogP contribution in [0.3, 0.4) is 0 Å². The number of pyridine rings is 1. The molecule has 0 aliphatic rings. The van der Waals surface area contributed by atoms with E-state index in [9.17, 15) is 9.59 Å². The summed E-state index contributed by atoms with van der Waals surface area (Å²) in [6, 6.07) is 8.37. The summed E-state index contributed by atoms with van der Waals surface area (Å²) in [5.74, 6) is 0.158. The first-order chi connectivity index (χ1) is 10.0. The molecule has 0 unspecified atom stereocenters. The van der Waals surface area contributed by atoms with E-state index in [0.29, 0.717) is 22.8 Å². The average Bonchev–Trinajstić information content (AvgIpc) is 2.48. The molecule has 1 aromatic heterocycles. The number of aliphatic carboxylic acids is 1. The Kier molecular flexibility index (Phi) is 4.27. The maximum Gasteiger partial charge on any atom is 0.308 e. The van der Waals surface area contributed by atoms with Crippen LogP contribution in [0.15, 0.2) is 35.1 Å². The number of carbonyl (C=O) groups is 1. The van der Waals surface area contributed by atoms with Gasteiger partial charge in [-0.05, 0) is 24.3 Å². The fraction of sp³-hybridized carbons (Fsp3) is 0.200. The van der Waals surface area contributed by atoms with Crippen LogP contribution >= 0.6 is 0 Å². The van der Waals surface area contributed by atoms with Gasteiger partial charge in [0.05, 0.1) is 26.3 Å². The van der Waals surface area contributed by atoms with Crippen LogP contribution in [0.25, 0.3) is 11.3 Å². The molecule has 2 aromatic rings. The van der Waals surface area contributed by atoms with Crippen molar-refractivity contribution in [1.82, 2.24) is 4.98 Å². The van der Waals surface area contributed by atoms with Crippen LogP contribution in [0.4, 0.5) is 0 Å². The normalized spacial score (nSPS) is 10.2. The molecule has 6 nitrogen and oxygen atoms in total. The van der Waals surface area contributed by atoms with Crippen LogP contribution in [0.5, 0.6) is 11.5 Å². The summed E-state index contributed by atoms with van der Waals surface area (Å²) in [6.07, 6.45) is -0.315. The van der Waals surface area contributed by atoms with Crippen molar-refractivity contribution < 1.29 is 19.4 Å². The van der Waals surface area contributed by atoms with Gasteiger partial charge in [0, 0.05) is 11.1 Å². The minimum absolute atomic E-state index is 0.202. The van der Waals surface area contributed by atoms with E-state index in [4.69, 9.17) is 14.6 Å². The van der Waals surface area contributed by atoms with Crippen molar-refractivity contribution in [3.05, 3.63) is 46.2 Å². The van der Waals surface area contributed by atoms with Crippen molar-refractivity contribution >= 4 is 5.97 Å². The maximum atomic E-state index is 11.9. The standard InChI is InChI=1S/C15H15NO5/c1-20-10-4-6-13(21-2)11(8-10)12-5-3-9(7-14(17)18)15(19)16-12/h3-6,8H,7H2,1-2H3,(H,16,19)(H,17,18). The molecule has 0 spiro atoms. The predicted octanol–water partition coefficient (Wildman–Crippen LogP) is 1.69. The first-order valence-electron chi connectivity index (χ1n) is 6.21. The van der Waals surface area contributed by atoms with Crippen LogP contribution in [-0.2, 0) is 11.2 Å². The van der Waals surface area contributed by atoms with Crippen molar-refractivity contribution in [2.24, 2.45) is 0 Å². The molecule has 0 radical (unpaired) electrons. The Labute approximate surface area is 121 Å². The van der Waals surface area contributed by atoms with Gasteiger partial charge in [-0.1, -0.05) is 6.07 Å². The zero-order valence-corrected chi connectivity index (χ0v) is 11.7. The summed E-state index contributed by atoms with van der Waals surface area (Å²) in [4.78, 5) is 25.3. The number of benzene rings is 1. The van der Waals surface area contributed by atoms with E-state index < -0.39 is 11.5 Å². The average molecular weight is 289 g/mol. The summed E-state index contributed by atoms with van der Waals surface area (Å²) in [5, 5.41) is 8.74. The predicted molar refractivity (Wildman–Crippen MR) is 76.9 cm³/mol. The third-order valence-electron chi connectivity index (χ3n) is 3.03. The summed E-state index contributed by atoms with van der Waals surface area (Å²) in [5.41, 5.74) is 0.966. The number of hydrogen-bond donors (Lipinski definition) is 2. The molecule has 0 aliphatic carbocycles. The molecule has 0 atom stereocenters. The molecular formula is C15H15NO5. The van der Waals surface area contributed by atoms with Crippen LogP contribution in [-0.4, -0.2) is 30.3 Å². The highest BCUT2D eigenvalue weighted by Crippen LogP contribution is 2.31. The fourth-order valence-corrected chi connectivity index (χ4v) is 1.99. The monoisotopic (exact) mass is 289 g/mol. The second-order valence-corrected chi connectivity index (χ2v) is 4.36. The molecule has 0 fully saturated rings. The molecule has 21 heavy (non-hydrogen) atoms. The Bertz CT molecular complexity index is 720. The lowest BCUT2D eigenvalue weighted by atomic mass is 10.1. The lowest BCUT2D eigenvalue weighted by Crippen LogP contribution is -2.16. The summed E-state index contributed by atoms with van der Waals surface area (Å²) in [7, 11) is 3.08. The molecule has 0 saturated heterocycles. The van der Waals surface area contributed by atoms with Crippen molar-refractivity contribution in [3.8, 4) is 22.8 Å². The zero-order valence-electron chi connectivity index (χ0n) is 11.7. The fourth-order valence-electron chi connectivity index (χ4n) is 1.99. The van der Waals surface area contributed by atoms with E-state index in [1.165, 1.54) is 13.2 Å². The quantitative estimate of drug-likeness (QED) is 0.874. The van der Waals surface area contributed by atoms with E-state index in [2.05, 4.69) is 4.98 Å². The summed E-state index contributed by atoms with van der Waals surface area (Å²) < 4.78 is 10.4. The first kappa shape index (κ1) is 14.6. The van der Waals surface area contributed by atoms with Gasteiger partial charge in [0.1, 0.15) is 11.5 Å². The molecular weight excluding hydrogens is 274 g/mol. The SMILES string of the molecule is COc1ccc(OC)c(-c2ccc(CC(=O)O)c(=O)[nH]2)c1. The van der Waals surface area contributed by atoms with Crippen LogP contribution < -0.4 is 15.0 Å². The van der Waals surface area contributed by atoms with Crippen molar-refractivity contribution in [2.45, 2.75) is 6.42 Å². The number of H-pyrrole nitrogens is 1. The summed E-state index contributed by atoms with van der Waals surface area (Å²) in [6.45, 7) is 0. The number of carboxylic acids is 1. The van der Waals surface area contributed by atoms with Gasteiger partial charge in [-0.25, -0.2) is 0 Å². The Morgan fingerprint density at radius 1 is 1.19 bits per heavy atom. The molecule has 1 aromatic carbocycles. The van der Waals surface area contributed by atoms with E-state index in [0.717, 1.165) is 0 Å². The second-order valence-electron chi connectivity index (χ2n) is 4.36. The highest BCUT2D eigenvalue weighted by molar-refractivity contribution is 5.71. The molecule has 110 valence electrons. The van der Waals surface area contributed by atoms with E-state index in [1.807, 2.05) is 0 Å². The molecule has 0 amide bonds. The lowest BCUT2D eigenvalue weighted by Gasteiger charge is -2.10. The highest BCUT2D eigenvalue weighted by Gasteiger charge is 2.11. The Morgan fingerprint density at radius 3 is 2.52 bits per heavy atom. The number of rotatable bonds is 5. The largest absolute Gasteiger partial charge is 0.497 e. The lowest BCUT2D eigenvalue weighted by molar-refractivity contribution is -0.136. The van der Waals surface area contributed by atoms with Gasteiger partial charge in [0.25, 0.3) is 5.56 Å². The molecule has 0 bridgehead atoms. The van der Waals surface area contributed by atoms with Gasteiger partial charge in [-0.2, -0.15) is 0 Å². The molecule has 2 N–H and O–H groups in total. The minimum atomic E-state index is -1.05. The molecule has 0 aliphatic heterocycles. The van der Waals surface area contributed by atoms with Crippen LogP contribution in [0.2, 0.25) is 0 Å². The van der Waals surface area contributed by atoms with Crippen LogP contribution in [0, 0.1) is 0 Å². The number of carboxylic acid groups (broad SMARTS) is 1. The Balaban J connectivity index is 2.49. The third-order valence-corrected chi connectivity index (χ3v) is 3.03. The third kappa shape index (κ3) is 3.22. The van der Waals surface area contributed by atoms with E-state index in [-0.39, 0.29) is 12.0 Å². The second kappa shape index (κ2) is 6.13. The molecule has 0 saturated carbocycles. The number of methoxy groups -OCH3 is 2. The van der Waals surface area contributed by atoms with E-state index in [1.54, 1.807) is 31.4 Å². The number of aromatic amines is 1. The van der Waals surface area contributed by atoms with Gasteiger partial charge < -0.3 is 19.6 Å². The number of nitrogens with one attached hydrogen (secondary N) is 1. The first-order valence-corrected chi connectivity index (χ1v) is 6.21. The van der Waals surface area contributed by atoms with Gasteiger partial charge in [0.15, 0.2) is 0 Å². The zero-order chi connectivity index (χ0) is 15.4. The minimum Gasteiger partial charge on any atom is -0.497 e. The summed E-state index contributed by atoms with van der Waals surface area (Å²) >= 11 is 0.